The van der Waals surface area contributed by atoms with Crippen LogP contribution in [0.1, 0.15) is 36.2 Å². The van der Waals surface area contributed by atoms with Crippen molar-refractivity contribution in [1.29, 1.82) is 0 Å². The molecule has 0 heterocycles. The molecule has 0 saturated heterocycles. The molecule has 0 unspecified atom stereocenters. The van der Waals surface area contributed by atoms with Crippen LogP contribution < -0.4 is 0 Å². The molecule has 1 aromatic carbocycles. The van der Waals surface area contributed by atoms with Gasteiger partial charge in [-0.05, 0) is 17.4 Å². The van der Waals surface area contributed by atoms with Gasteiger partial charge in [0.05, 0.1) is 0 Å². The molecule has 0 spiro atoms. The van der Waals surface area contributed by atoms with E-state index in [1.807, 2.05) is 43.4 Å². The smallest absolute Gasteiger partial charge is 0.190 e. The Balaban J connectivity index is 2.55. The zero-order chi connectivity index (χ0) is 12.6. The van der Waals surface area contributed by atoms with Crippen molar-refractivity contribution in [2.75, 3.05) is 14.1 Å². The minimum Gasteiger partial charge on any atom is -0.383 e. The van der Waals surface area contributed by atoms with Crippen molar-refractivity contribution >= 4 is 5.78 Å². The molecule has 1 aromatic rings. The van der Waals surface area contributed by atoms with Gasteiger partial charge in [-0.1, -0.05) is 38.1 Å². The minimum atomic E-state index is 0.0341. The second-order valence-electron chi connectivity index (χ2n) is 5.55. The minimum absolute atomic E-state index is 0.0341. The van der Waals surface area contributed by atoms with E-state index in [0.717, 1.165) is 17.6 Å². The van der Waals surface area contributed by atoms with E-state index in [9.17, 15) is 4.79 Å². The fraction of sp³-hybridized carbons (Fsp3) is 0.400. The molecule has 0 saturated carbocycles. The third-order valence-electron chi connectivity index (χ3n) is 3.24. The van der Waals surface area contributed by atoms with E-state index in [1.165, 1.54) is 5.56 Å². The van der Waals surface area contributed by atoms with E-state index in [4.69, 9.17) is 0 Å². The SMILES string of the molecule is CN(C)/C=C1/CC(C)(C)c2ccccc2C1=O. The molecule has 0 N–H and O–H groups in total. The van der Waals surface area contributed by atoms with Gasteiger partial charge in [0.15, 0.2) is 5.78 Å². The predicted octanol–water partition coefficient (Wildman–Crippen LogP) is 3.00. The molecule has 0 aromatic heterocycles. The van der Waals surface area contributed by atoms with E-state index in [1.54, 1.807) is 0 Å². The van der Waals surface area contributed by atoms with Crippen LogP contribution in [-0.4, -0.2) is 24.8 Å². The van der Waals surface area contributed by atoms with Gasteiger partial charge in [0.1, 0.15) is 0 Å². The summed E-state index contributed by atoms with van der Waals surface area (Å²) in [5.74, 6) is 0.175. The van der Waals surface area contributed by atoms with E-state index in [-0.39, 0.29) is 11.2 Å². The first-order valence-corrected chi connectivity index (χ1v) is 5.93. The number of Topliss-reactive ketones (excluding diaryl/α,β-unsaturated/α-hetero) is 1. The molecule has 90 valence electrons. The molecule has 2 rings (SSSR count). The molecule has 0 amide bonds. The van der Waals surface area contributed by atoms with E-state index in [2.05, 4.69) is 19.9 Å². The van der Waals surface area contributed by atoms with E-state index < -0.39 is 0 Å². The second-order valence-corrected chi connectivity index (χ2v) is 5.55. The summed E-state index contributed by atoms with van der Waals surface area (Å²) in [7, 11) is 3.90. The fourth-order valence-electron chi connectivity index (χ4n) is 2.51. The predicted molar refractivity (Wildman–Crippen MR) is 70.2 cm³/mol. The Bertz CT molecular complexity index is 483. The van der Waals surface area contributed by atoms with Gasteiger partial charge in [-0.25, -0.2) is 0 Å². The number of ketones is 1. The average molecular weight is 229 g/mol. The highest BCUT2D eigenvalue weighted by Crippen LogP contribution is 2.38. The number of nitrogens with zero attached hydrogens (tertiary/aromatic N) is 1. The van der Waals surface area contributed by atoms with Gasteiger partial charge < -0.3 is 4.90 Å². The molecule has 2 nitrogen and oxygen atoms in total. The van der Waals surface area contributed by atoms with Crippen molar-refractivity contribution < 1.29 is 4.79 Å². The standard InChI is InChI=1S/C15H19NO/c1-15(2)9-11(10-16(3)4)14(17)12-7-5-6-8-13(12)15/h5-8,10H,9H2,1-4H3/b11-10-. The van der Waals surface area contributed by atoms with Crippen LogP contribution in [0.5, 0.6) is 0 Å². The van der Waals surface area contributed by atoms with Gasteiger partial charge in [-0.15, -0.1) is 0 Å². The fourth-order valence-corrected chi connectivity index (χ4v) is 2.51. The summed E-state index contributed by atoms with van der Waals surface area (Å²) in [6.07, 6.45) is 2.75. The maximum atomic E-state index is 12.3. The van der Waals surface area contributed by atoms with Crippen LogP contribution in [0.4, 0.5) is 0 Å². The van der Waals surface area contributed by atoms with Crippen molar-refractivity contribution in [2.45, 2.75) is 25.7 Å². The third kappa shape index (κ3) is 2.12. The lowest BCUT2D eigenvalue weighted by Crippen LogP contribution is -2.30. The highest BCUT2D eigenvalue weighted by molar-refractivity contribution is 6.11. The first kappa shape index (κ1) is 11.9. The topological polar surface area (TPSA) is 20.3 Å². The highest BCUT2D eigenvalue weighted by atomic mass is 16.1. The van der Waals surface area contributed by atoms with Crippen LogP contribution in [-0.2, 0) is 5.41 Å². The number of fused-ring (bicyclic) bond motifs is 1. The number of allylic oxidation sites excluding steroid dienone is 1. The summed E-state index contributed by atoms with van der Waals surface area (Å²) in [5, 5.41) is 0. The number of hydrogen-bond acceptors (Lipinski definition) is 2. The first-order valence-electron chi connectivity index (χ1n) is 5.93. The van der Waals surface area contributed by atoms with Crippen LogP contribution in [0.25, 0.3) is 0 Å². The molecular formula is C15H19NO. The number of rotatable bonds is 1. The van der Waals surface area contributed by atoms with Crippen molar-refractivity contribution in [3.63, 3.8) is 0 Å². The molecule has 0 radical (unpaired) electrons. The van der Waals surface area contributed by atoms with Crippen molar-refractivity contribution in [3.05, 3.63) is 47.2 Å². The molecule has 1 aliphatic carbocycles. The van der Waals surface area contributed by atoms with Gasteiger partial charge in [-0.2, -0.15) is 0 Å². The summed E-state index contributed by atoms with van der Waals surface area (Å²) >= 11 is 0. The number of carbonyl (C=O) groups excluding carboxylic acids is 1. The Morgan fingerprint density at radius 1 is 1.24 bits per heavy atom. The largest absolute Gasteiger partial charge is 0.383 e. The van der Waals surface area contributed by atoms with E-state index in [0.29, 0.717) is 0 Å². The molecule has 0 aliphatic heterocycles. The summed E-state index contributed by atoms with van der Waals surface area (Å²) in [6, 6.07) is 7.95. The van der Waals surface area contributed by atoms with Gasteiger partial charge in [0, 0.05) is 31.4 Å². The van der Waals surface area contributed by atoms with Gasteiger partial charge >= 0.3 is 0 Å². The lowest BCUT2D eigenvalue weighted by molar-refractivity contribution is 0.101. The monoisotopic (exact) mass is 229 g/mol. The molecule has 1 aliphatic rings. The summed E-state index contributed by atoms with van der Waals surface area (Å²) in [5.41, 5.74) is 2.96. The van der Waals surface area contributed by atoms with Gasteiger partial charge in [-0.3, -0.25) is 4.79 Å². The lowest BCUT2D eigenvalue weighted by Gasteiger charge is -2.33. The zero-order valence-corrected chi connectivity index (χ0v) is 10.9. The summed E-state index contributed by atoms with van der Waals surface area (Å²) in [4.78, 5) is 14.3. The highest BCUT2D eigenvalue weighted by Gasteiger charge is 2.34. The van der Waals surface area contributed by atoms with E-state index >= 15 is 0 Å². The van der Waals surface area contributed by atoms with Crippen molar-refractivity contribution in [3.8, 4) is 0 Å². The van der Waals surface area contributed by atoms with Crippen molar-refractivity contribution in [2.24, 2.45) is 0 Å². The number of benzene rings is 1. The summed E-state index contributed by atoms with van der Waals surface area (Å²) in [6.45, 7) is 4.39. The Kier molecular flexibility index (Phi) is 2.82. The molecule has 2 heteroatoms. The zero-order valence-electron chi connectivity index (χ0n) is 10.9. The van der Waals surface area contributed by atoms with Crippen LogP contribution in [0, 0.1) is 0 Å². The Morgan fingerprint density at radius 3 is 2.53 bits per heavy atom. The first-order chi connectivity index (χ1) is 7.92. The normalized spacial score (nSPS) is 20.2. The number of carbonyl (C=O) groups is 1. The second kappa shape index (κ2) is 4.02. The lowest BCUT2D eigenvalue weighted by atomic mass is 9.70. The molecule has 0 atom stereocenters. The van der Waals surface area contributed by atoms with Gasteiger partial charge in [0.25, 0.3) is 0 Å². The maximum Gasteiger partial charge on any atom is 0.190 e. The average Bonchev–Trinajstić information content (AvgIpc) is 2.25. The Labute approximate surface area is 103 Å². The van der Waals surface area contributed by atoms with Gasteiger partial charge in [0.2, 0.25) is 0 Å². The molecule has 17 heavy (non-hydrogen) atoms. The maximum absolute atomic E-state index is 12.3. The van der Waals surface area contributed by atoms with Crippen LogP contribution >= 0.6 is 0 Å². The van der Waals surface area contributed by atoms with Crippen LogP contribution in [0.3, 0.4) is 0 Å². The number of hydrogen-bond donors (Lipinski definition) is 0. The quantitative estimate of drug-likeness (QED) is 0.690. The third-order valence-corrected chi connectivity index (χ3v) is 3.24. The van der Waals surface area contributed by atoms with Crippen molar-refractivity contribution in [1.82, 2.24) is 4.90 Å². The molecule has 0 bridgehead atoms. The summed E-state index contributed by atoms with van der Waals surface area (Å²) < 4.78 is 0. The Morgan fingerprint density at radius 2 is 1.88 bits per heavy atom. The molecule has 0 fully saturated rings. The van der Waals surface area contributed by atoms with Crippen LogP contribution in [0.2, 0.25) is 0 Å². The Hall–Kier alpha value is -1.57. The molecular weight excluding hydrogens is 210 g/mol. The van der Waals surface area contributed by atoms with Crippen LogP contribution in [0.15, 0.2) is 36.0 Å².